The minimum absolute atomic E-state index is 0.190. The zero-order valence-corrected chi connectivity index (χ0v) is 12.8. The van der Waals surface area contributed by atoms with E-state index in [9.17, 15) is 0 Å². The molecule has 102 valence electrons. The van der Waals surface area contributed by atoms with Gasteiger partial charge in [0.05, 0.1) is 0 Å². The van der Waals surface area contributed by atoms with Crippen molar-refractivity contribution in [2.75, 3.05) is 0 Å². The maximum Gasteiger partial charge on any atom is 0.0389 e. The summed E-state index contributed by atoms with van der Waals surface area (Å²) in [6.07, 6.45) is 2.20. The smallest absolute Gasteiger partial charge is 0.0389 e. The highest BCUT2D eigenvalue weighted by Crippen LogP contribution is 2.36. The molecule has 0 aliphatic rings. The average molecular weight is 273 g/mol. The summed E-state index contributed by atoms with van der Waals surface area (Å²) in [5.74, 6) is 0.547. The molecule has 0 bridgehead atoms. The van der Waals surface area contributed by atoms with Crippen LogP contribution in [0, 0.1) is 0 Å². The normalized spacial score (nSPS) is 12.9. The Morgan fingerprint density at radius 2 is 1.84 bits per heavy atom. The van der Waals surface area contributed by atoms with E-state index in [1.54, 1.807) is 0 Å². The van der Waals surface area contributed by atoms with Crippen LogP contribution in [0.2, 0.25) is 0 Å². The van der Waals surface area contributed by atoms with Crippen molar-refractivity contribution in [2.45, 2.75) is 45.6 Å². The van der Waals surface area contributed by atoms with E-state index in [1.807, 2.05) is 11.3 Å². The van der Waals surface area contributed by atoms with Gasteiger partial charge in [-0.15, -0.1) is 11.3 Å². The standard InChI is InChI=1S/C17H23NS/c1-4-7-15(18)17-11-10-16(19-17)14-9-6-5-8-13(14)12(2)3/h5-6,8-12,15H,4,7,18H2,1-3H3. The largest absolute Gasteiger partial charge is 0.323 e. The Balaban J connectivity index is 2.33. The van der Waals surface area contributed by atoms with E-state index >= 15 is 0 Å². The molecule has 2 aromatic rings. The van der Waals surface area contributed by atoms with E-state index in [-0.39, 0.29) is 6.04 Å². The maximum atomic E-state index is 6.21. The van der Waals surface area contributed by atoms with E-state index in [0.29, 0.717) is 5.92 Å². The van der Waals surface area contributed by atoms with Crippen molar-refractivity contribution in [3.63, 3.8) is 0 Å². The predicted octanol–water partition coefficient (Wildman–Crippen LogP) is 5.34. The minimum atomic E-state index is 0.190. The van der Waals surface area contributed by atoms with Gasteiger partial charge >= 0.3 is 0 Å². The molecular formula is C17H23NS. The number of thiophene rings is 1. The molecule has 0 aliphatic carbocycles. The lowest BCUT2D eigenvalue weighted by Crippen LogP contribution is -2.07. The van der Waals surface area contributed by atoms with Gasteiger partial charge in [-0.25, -0.2) is 0 Å². The minimum Gasteiger partial charge on any atom is -0.323 e. The van der Waals surface area contributed by atoms with Gasteiger partial charge in [-0.1, -0.05) is 51.5 Å². The molecule has 1 aromatic carbocycles. The van der Waals surface area contributed by atoms with Gasteiger partial charge in [0.15, 0.2) is 0 Å². The maximum absolute atomic E-state index is 6.21. The first-order valence-electron chi connectivity index (χ1n) is 7.08. The van der Waals surface area contributed by atoms with Gasteiger partial charge in [-0.3, -0.25) is 0 Å². The molecule has 0 amide bonds. The summed E-state index contributed by atoms with van der Waals surface area (Å²) in [6.45, 7) is 6.68. The summed E-state index contributed by atoms with van der Waals surface area (Å²) in [5.41, 5.74) is 8.98. The molecule has 0 saturated carbocycles. The average Bonchev–Trinajstić information content (AvgIpc) is 2.88. The lowest BCUT2D eigenvalue weighted by molar-refractivity contribution is 0.648. The van der Waals surface area contributed by atoms with Crippen LogP contribution in [0.3, 0.4) is 0 Å². The Bertz CT molecular complexity index is 528. The fraction of sp³-hybridized carbons (Fsp3) is 0.412. The monoisotopic (exact) mass is 273 g/mol. The number of rotatable bonds is 5. The first-order chi connectivity index (χ1) is 9.13. The Morgan fingerprint density at radius 3 is 2.53 bits per heavy atom. The Kier molecular flexibility index (Phi) is 4.78. The second kappa shape index (κ2) is 6.36. The first kappa shape index (κ1) is 14.3. The summed E-state index contributed by atoms with van der Waals surface area (Å²) < 4.78 is 0. The van der Waals surface area contributed by atoms with E-state index in [1.165, 1.54) is 20.9 Å². The number of benzene rings is 1. The second-order valence-electron chi connectivity index (χ2n) is 5.34. The molecule has 0 radical (unpaired) electrons. The molecule has 2 rings (SSSR count). The first-order valence-corrected chi connectivity index (χ1v) is 7.89. The molecule has 1 nitrogen and oxygen atoms in total. The van der Waals surface area contributed by atoms with Gasteiger partial charge < -0.3 is 5.73 Å². The number of hydrogen-bond acceptors (Lipinski definition) is 2. The van der Waals surface area contributed by atoms with Gasteiger partial charge in [0.2, 0.25) is 0 Å². The fourth-order valence-corrected chi connectivity index (χ4v) is 3.47. The van der Waals surface area contributed by atoms with Crippen LogP contribution in [-0.4, -0.2) is 0 Å². The summed E-state index contributed by atoms with van der Waals surface area (Å²) >= 11 is 1.84. The molecule has 0 fully saturated rings. The lowest BCUT2D eigenvalue weighted by atomic mass is 9.96. The van der Waals surface area contributed by atoms with Crippen LogP contribution in [0.1, 0.15) is 56.0 Å². The zero-order chi connectivity index (χ0) is 13.8. The summed E-state index contributed by atoms with van der Waals surface area (Å²) in [7, 11) is 0. The molecule has 2 heteroatoms. The molecule has 1 atom stereocenters. The molecule has 0 spiro atoms. The highest BCUT2D eigenvalue weighted by Gasteiger charge is 2.12. The molecule has 19 heavy (non-hydrogen) atoms. The van der Waals surface area contributed by atoms with Gasteiger partial charge in [0.25, 0.3) is 0 Å². The third kappa shape index (κ3) is 3.26. The molecule has 0 saturated heterocycles. The second-order valence-corrected chi connectivity index (χ2v) is 6.45. The van der Waals surface area contributed by atoms with Gasteiger partial charge in [-0.05, 0) is 35.6 Å². The van der Waals surface area contributed by atoms with Gasteiger partial charge in [0.1, 0.15) is 0 Å². The quantitative estimate of drug-likeness (QED) is 0.782. The fourth-order valence-electron chi connectivity index (χ4n) is 2.37. The van der Waals surface area contributed by atoms with Crippen LogP contribution in [0.5, 0.6) is 0 Å². The number of hydrogen-bond donors (Lipinski definition) is 1. The van der Waals surface area contributed by atoms with Crippen molar-refractivity contribution in [1.29, 1.82) is 0 Å². The summed E-state index contributed by atoms with van der Waals surface area (Å²) in [5, 5.41) is 0. The third-order valence-corrected chi connectivity index (χ3v) is 4.69. The molecule has 2 N–H and O–H groups in total. The van der Waals surface area contributed by atoms with Crippen LogP contribution >= 0.6 is 11.3 Å². The van der Waals surface area contributed by atoms with Crippen LogP contribution in [0.25, 0.3) is 10.4 Å². The SMILES string of the molecule is CCCC(N)c1ccc(-c2ccccc2C(C)C)s1. The Morgan fingerprint density at radius 1 is 1.11 bits per heavy atom. The third-order valence-electron chi connectivity index (χ3n) is 3.44. The Hall–Kier alpha value is -1.12. The topological polar surface area (TPSA) is 26.0 Å². The van der Waals surface area contributed by atoms with Crippen LogP contribution in [0.15, 0.2) is 36.4 Å². The molecular weight excluding hydrogens is 250 g/mol. The highest BCUT2D eigenvalue weighted by atomic mass is 32.1. The molecule has 0 aliphatic heterocycles. The van der Waals surface area contributed by atoms with Crippen LogP contribution < -0.4 is 5.73 Å². The van der Waals surface area contributed by atoms with E-state index in [2.05, 4.69) is 57.2 Å². The number of nitrogens with two attached hydrogens (primary N) is 1. The van der Waals surface area contributed by atoms with Crippen molar-refractivity contribution < 1.29 is 0 Å². The van der Waals surface area contributed by atoms with Gasteiger partial charge in [-0.2, -0.15) is 0 Å². The highest BCUT2D eigenvalue weighted by molar-refractivity contribution is 7.15. The van der Waals surface area contributed by atoms with E-state index in [4.69, 9.17) is 5.73 Å². The molecule has 1 heterocycles. The summed E-state index contributed by atoms with van der Waals surface area (Å²) in [6, 6.07) is 13.3. The van der Waals surface area contributed by atoms with Gasteiger partial charge in [0, 0.05) is 15.8 Å². The van der Waals surface area contributed by atoms with Crippen molar-refractivity contribution in [2.24, 2.45) is 5.73 Å². The zero-order valence-electron chi connectivity index (χ0n) is 12.0. The van der Waals surface area contributed by atoms with Crippen LogP contribution in [0.4, 0.5) is 0 Å². The van der Waals surface area contributed by atoms with Crippen molar-refractivity contribution in [3.8, 4) is 10.4 Å². The molecule has 1 aromatic heterocycles. The predicted molar refractivity (Wildman–Crippen MR) is 85.7 cm³/mol. The Labute approximate surface area is 120 Å². The molecule has 1 unspecified atom stereocenters. The van der Waals surface area contributed by atoms with Crippen molar-refractivity contribution >= 4 is 11.3 Å². The summed E-state index contributed by atoms with van der Waals surface area (Å²) in [4.78, 5) is 2.64. The van der Waals surface area contributed by atoms with Crippen LogP contribution in [-0.2, 0) is 0 Å². The van der Waals surface area contributed by atoms with Crippen molar-refractivity contribution in [1.82, 2.24) is 0 Å². The van der Waals surface area contributed by atoms with E-state index < -0.39 is 0 Å². The van der Waals surface area contributed by atoms with E-state index in [0.717, 1.165) is 12.8 Å². The van der Waals surface area contributed by atoms with Crippen molar-refractivity contribution in [3.05, 3.63) is 46.8 Å². The lowest BCUT2D eigenvalue weighted by Gasteiger charge is -2.11.